The Morgan fingerprint density at radius 1 is 1.29 bits per heavy atom. The van der Waals surface area contributed by atoms with E-state index in [1.165, 1.54) is 12.4 Å². The monoisotopic (exact) mass is 306 g/mol. The average molecular weight is 306 g/mol. The molecule has 0 saturated heterocycles. The Kier molecular flexibility index (Phi) is 2.94. The van der Waals surface area contributed by atoms with Crippen LogP contribution in [0.4, 0.5) is 5.69 Å². The van der Waals surface area contributed by atoms with Crippen molar-refractivity contribution in [1.29, 1.82) is 0 Å². The highest BCUT2D eigenvalue weighted by molar-refractivity contribution is 7.92. The third-order valence-electron chi connectivity index (χ3n) is 3.19. The largest absolute Gasteiger partial charge is 0.281 e. The highest BCUT2D eigenvalue weighted by Gasteiger charge is 2.19. The Balaban J connectivity index is 2.02. The first-order valence-corrected chi connectivity index (χ1v) is 7.69. The van der Waals surface area contributed by atoms with Gasteiger partial charge in [-0.25, -0.2) is 13.4 Å². The molecule has 0 unspecified atom stereocenters. The van der Waals surface area contributed by atoms with Crippen molar-refractivity contribution in [2.45, 2.75) is 18.7 Å². The number of nitrogens with one attached hydrogen (secondary N) is 2. The fraction of sp³-hybridized carbons (Fsp3) is 0.250. The van der Waals surface area contributed by atoms with Crippen molar-refractivity contribution in [3.05, 3.63) is 29.8 Å². The minimum Gasteiger partial charge on any atom is -0.281 e. The smallest absolute Gasteiger partial charge is 0.265 e. The molecule has 21 heavy (non-hydrogen) atoms. The van der Waals surface area contributed by atoms with Crippen LogP contribution in [0.15, 0.2) is 23.4 Å². The van der Waals surface area contributed by atoms with E-state index in [4.69, 9.17) is 0 Å². The highest BCUT2D eigenvalue weighted by atomic mass is 32.2. The lowest BCUT2D eigenvalue weighted by atomic mass is 10.3. The van der Waals surface area contributed by atoms with E-state index < -0.39 is 10.0 Å². The molecule has 0 radical (unpaired) electrons. The van der Waals surface area contributed by atoms with Gasteiger partial charge in [-0.1, -0.05) is 0 Å². The van der Waals surface area contributed by atoms with Gasteiger partial charge in [0.2, 0.25) is 0 Å². The van der Waals surface area contributed by atoms with Gasteiger partial charge in [-0.2, -0.15) is 10.2 Å². The van der Waals surface area contributed by atoms with Gasteiger partial charge in [0.05, 0.1) is 29.5 Å². The number of sulfonamides is 1. The van der Waals surface area contributed by atoms with Gasteiger partial charge in [0, 0.05) is 12.4 Å². The van der Waals surface area contributed by atoms with E-state index in [-0.39, 0.29) is 4.90 Å². The van der Waals surface area contributed by atoms with Crippen LogP contribution >= 0.6 is 0 Å². The zero-order valence-corrected chi connectivity index (χ0v) is 12.6. The van der Waals surface area contributed by atoms with Gasteiger partial charge in [-0.15, -0.1) is 0 Å². The zero-order chi connectivity index (χ0) is 15.2. The number of aromatic nitrogens is 5. The maximum atomic E-state index is 12.3. The van der Waals surface area contributed by atoms with E-state index in [0.29, 0.717) is 17.0 Å². The van der Waals surface area contributed by atoms with Crippen LogP contribution < -0.4 is 4.72 Å². The molecule has 0 bridgehead atoms. The Morgan fingerprint density at radius 3 is 2.71 bits per heavy atom. The van der Waals surface area contributed by atoms with E-state index in [0.717, 1.165) is 11.1 Å². The summed E-state index contributed by atoms with van der Waals surface area (Å²) < 4.78 is 28.7. The van der Waals surface area contributed by atoms with Crippen LogP contribution in [0.3, 0.4) is 0 Å². The molecule has 0 atom stereocenters. The molecule has 3 aromatic heterocycles. The molecule has 0 aliphatic carbocycles. The van der Waals surface area contributed by atoms with Crippen LogP contribution in [0.5, 0.6) is 0 Å². The highest BCUT2D eigenvalue weighted by Crippen LogP contribution is 2.22. The van der Waals surface area contributed by atoms with Crippen LogP contribution in [-0.4, -0.2) is 33.4 Å². The maximum absolute atomic E-state index is 12.3. The van der Waals surface area contributed by atoms with Crippen LogP contribution in [0.1, 0.15) is 11.4 Å². The lowest BCUT2D eigenvalue weighted by Gasteiger charge is -2.07. The predicted molar refractivity (Wildman–Crippen MR) is 77.4 cm³/mol. The second-order valence-electron chi connectivity index (χ2n) is 4.77. The quantitative estimate of drug-likeness (QED) is 0.754. The summed E-state index contributed by atoms with van der Waals surface area (Å²) in [5.41, 5.74) is 2.36. The van der Waals surface area contributed by atoms with Crippen molar-refractivity contribution in [1.82, 2.24) is 25.0 Å². The molecule has 110 valence electrons. The van der Waals surface area contributed by atoms with Gasteiger partial charge in [0.15, 0.2) is 5.65 Å². The molecule has 0 spiro atoms. The van der Waals surface area contributed by atoms with Crippen molar-refractivity contribution >= 4 is 26.7 Å². The van der Waals surface area contributed by atoms with Gasteiger partial charge in [-0.05, 0) is 19.9 Å². The number of pyridine rings is 1. The number of aromatic amines is 1. The number of hydrogen-bond donors (Lipinski definition) is 2. The Labute approximate surface area is 121 Å². The Morgan fingerprint density at radius 2 is 2.05 bits per heavy atom. The molecule has 0 fully saturated rings. The minimum atomic E-state index is -3.69. The molecule has 0 aromatic carbocycles. The Hall–Kier alpha value is -2.42. The standard InChI is InChI=1S/C12H14N6O2S/c1-7-10-4-9(5-13-12(10)18(3)16-7)17-21(19,20)11-6-14-15-8(11)2/h4-6,17H,1-3H3,(H,14,15). The molecule has 3 rings (SSSR count). The minimum absolute atomic E-state index is 0.116. The number of fused-ring (bicyclic) bond motifs is 1. The summed E-state index contributed by atoms with van der Waals surface area (Å²) >= 11 is 0. The summed E-state index contributed by atoms with van der Waals surface area (Å²) in [6.07, 6.45) is 2.75. The predicted octanol–water partition coefficient (Wildman–Crippen LogP) is 1.11. The lowest BCUT2D eigenvalue weighted by molar-refractivity contribution is 0.600. The van der Waals surface area contributed by atoms with E-state index >= 15 is 0 Å². The normalized spacial score (nSPS) is 12.0. The molecule has 9 heteroatoms. The van der Waals surface area contributed by atoms with Crippen LogP contribution in [0, 0.1) is 13.8 Å². The first-order chi connectivity index (χ1) is 9.88. The lowest BCUT2D eigenvalue weighted by Crippen LogP contribution is -2.13. The molecule has 3 heterocycles. The molecule has 0 amide bonds. The number of nitrogens with zero attached hydrogens (tertiary/aromatic N) is 4. The summed E-state index contributed by atoms with van der Waals surface area (Å²) in [5, 5.41) is 11.4. The van der Waals surface area contributed by atoms with E-state index in [2.05, 4.69) is 25.0 Å². The van der Waals surface area contributed by atoms with Crippen LogP contribution in [-0.2, 0) is 17.1 Å². The number of rotatable bonds is 3. The molecular weight excluding hydrogens is 292 g/mol. The van der Waals surface area contributed by atoms with Gasteiger partial charge in [0.1, 0.15) is 4.90 Å². The molecule has 0 aliphatic heterocycles. The molecule has 0 saturated carbocycles. The molecular formula is C12H14N6O2S. The van der Waals surface area contributed by atoms with Gasteiger partial charge in [0.25, 0.3) is 10.0 Å². The average Bonchev–Trinajstić information content (AvgIpc) is 2.95. The SMILES string of the molecule is Cc1[nH]ncc1S(=O)(=O)Nc1cnc2c(c1)c(C)nn2C. The number of H-pyrrole nitrogens is 1. The first kappa shape index (κ1) is 13.6. The van der Waals surface area contributed by atoms with Crippen molar-refractivity contribution in [3.8, 4) is 0 Å². The number of aryl methyl sites for hydroxylation is 3. The van der Waals surface area contributed by atoms with Gasteiger partial charge < -0.3 is 0 Å². The summed E-state index contributed by atoms with van der Waals surface area (Å²) in [7, 11) is -1.89. The van der Waals surface area contributed by atoms with Crippen molar-refractivity contribution in [3.63, 3.8) is 0 Å². The summed E-state index contributed by atoms with van der Waals surface area (Å²) in [5.74, 6) is 0. The van der Waals surface area contributed by atoms with Crippen LogP contribution in [0.2, 0.25) is 0 Å². The second-order valence-corrected chi connectivity index (χ2v) is 6.42. The summed E-state index contributed by atoms with van der Waals surface area (Å²) in [6.45, 7) is 3.50. The van der Waals surface area contributed by atoms with Crippen LogP contribution in [0.25, 0.3) is 11.0 Å². The zero-order valence-electron chi connectivity index (χ0n) is 11.7. The van der Waals surface area contributed by atoms with Crippen molar-refractivity contribution in [2.24, 2.45) is 7.05 Å². The van der Waals surface area contributed by atoms with E-state index in [1.807, 2.05) is 6.92 Å². The molecule has 8 nitrogen and oxygen atoms in total. The molecule has 2 N–H and O–H groups in total. The summed E-state index contributed by atoms with van der Waals surface area (Å²) in [6, 6.07) is 1.72. The third kappa shape index (κ3) is 2.25. The number of hydrogen-bond acceptors (Lipinski definition) is 5. The fourth-order valence-corrected chi connectivity index (χ4v) is 3.36. The first-order valence-electron chi connectivity index (χ1n) is 6.20. The topological polar surface area (TPSA) is 106 Å². The van der Waals surface area contributed by atoms with Gasteiger partial charge >= 0.3 is 0 Å². The van der Waals surface area contributed by atoms with E-state index in [9.17, 15) is 8.42 Å². The number of anilines is 1. The van der Waals surface area contributed by atoms with Gasteiger partial charge in [-0.3, -0.25) is 14.5 Å². The van der Waals surface area contributed by atoms with Crippen molar-refractivity contribution < 1.29 is 8.42 Å². The maximum Gasteiger partial charge on any atom is 0.265 e. The third-order valence-corrected chi connectivity index (χ3v) is 4.68. The molecule has 0 aliphatic rings. The second kappa shape index (κ2) is 4.55. The summed E-state index contributed by atoms with van der Waals surface area (Å²) in [4.78, 5) is 4.36. The molecule has 3 aromatic rings. The van der Waals surface area contributed by atoms with Crippen molar-refractivity contribution in [2.75, 3.05) is 4.72 Å². The Bertz CT molecular complexity index is 925. The van der Waals surface area contributed by atoms with E-state index in [1.54, 1.807) is 24.7 Å². The fourth-order valence-electron chi connectivity index (χ4n) is 2.18.